The van der Waals surface area contributed by atoms with Crippen molar-refractivity contribution < 1.29 is 9.13 Å². The lowest BCUT2D eigenvalue weighted by Crippen LogP contribution is -1.99. The maximum Gasteiger partial charge on any atom is 0.165 e. The zero-order valence-electron chi connectivity index (χ0n) is 11.7. The molecular formula is C16H14FN3O. The van der Waals surface area contributed by atoms with Crippen LogP contribution in [0.25, 0.3) is 22.3 Å². The van der Waals surface area contributed by atoms with E-state index in [1.54, 1.807) is 12.1 Å². The number of nitrogens with two attached hydrogens (primary N) is 1. The zero-order valence-corrected chi connectivity index (χ0v) is 11.7. The number of aryl methyl sites for hydroxylation is 1. The topological polar surface area (TPSA) is 61.0 Å². The number of fused-ring (bicyclic) bond motifs is 1. The number of hydrogen-bond acceptors (Lipinski definition) is 4. The molecule has 0 bridgehead atoms. The van der Waals surface area contributed by atoms with Gasteiger partial charge in [-0.25, -0.2) is 14.4 Å². The van der Waals surface area contributed by atoms with Gasteiger partial charge >= 0.3 is 0 Å². The predicted molar refractivity (Wildman–Crippen MR) is 80.6 cm³/mol. The summed E-state index contributed by atoms with van der Waals surface area (Å²) in [6.07, 6.45) is 0. The molecule has 0 aliphatic rings. The van der Waals surface area contributed by atoms with Crippen LogP contribution in [-0.4, -0.2) is 17.1 Å². The lowest BCUT2D eigenvalue weighted by atomic mass is 10.1. The van der Waals surface area contributed by atoms with Crippen molar-refractivity contribution in [2.24, 2.45) is 0 Å². The smallest absolute Gasteiger partial charge is 0.165 e. The molecule has 106 valence electrons. The van der Waals surface area contributed by atoms with E-state index in [0.29, 0.717) is 17.2 Å². The van der Waals surface area contributed by atoms with Crippen LogP contribution in [0.4, 0.5) is 10.2 Å². The van der Waals surface area contributed by atoms with Crippen molar-refractivity contribution in [2.45, 2.75) is 6.92 Å². The molecule has 1 heterocycles. The van der Waals surface area contributed by atoms with Crippen LogP contribution in [0.3, 0.4) is 0 Å². The van der Waals surface area contributed by atoms with E-state index in [4.69, 9.17) is 10.5 Å². The number of hydrogen-bond donors (Lipinski definition) is 1. The quantitative estimate of drug-likeness (QED) is 0.783. The van der Waals surface area contributed by atoms with Crippen molar-refractivity contribution in [1.29, 1.82) is 0 Å². The summed E-state index contributed by atoms with van der Waals surface area (Å²) in [5, 5.41) is 0.843. The molecule has 5 heteroatoms. The first-order chi connectivity index (χ1) is 10.1. The Balaban J connectivity index is 2.22. The molecule has 0 radical (unpaired) electrons. The van der Waals surface area contributed by atoms with Crippen LogP contribution in [0.15, 0.2) is 36.4 Å². The molecule has 0 spiro atoms. The summed E-state index contributed by atoms with van der Waals surface area (Å²) in [5.74, 6) is 0.588. The fourth-order valence-electron chi connectivity index (χ4n) is 2.32. The van der Waals surface area contributed by atoms with E-state index < -0.39 is 5.82 Å². The van der Waals surface area contributed by atoms with Gasteiger partial charge in [-0.1, -0.05) is 12.1 Å². The maximum absolute atomic E-state index is 13.5. The normalized spacial score (nSPS) is 10.8. The Morgan fingerprint density at radius 3 is 2.71 bits per heavy atom. The second-order valence-corrected chi connectivity index (χ2v) is 4.75. The van der Waals surface area contributed by atoms with Gasteiger partial charge in [0.05, 0.1) is 12.6 Å². The van der Waals surface area contributed by atoms with E-state index in [1.807, 2.05) is 25.1 Å². The first-order valence-electron chi connectivity index (χ1n) is 6.47. The third-order valence-electron chi connectivity index (χ3n) is 3.37. The molecule has 0 saturated heterocycles. The van der Waals surface area contributed by atoms with Crippen LogP contribution in [0.1, 0.15) is 5.56 Å². The fraction of sp³-hybridized carbons (Fsp3) is 0.125. The Kier molecular flexibility index (Phi) is 3.17. The molecule has 0 atom stereocenters. The summed E-state index contributed by atoms with van der Waals surface area (Å²) in [4.78, 5) is 8.83. The summed E-state index contributed by atoms with van der Waals surface area (Å²) >= 11 is 0. The van der Waals surface area contributed by atoms with E-state index >= 15 is 0 Å². The van der Waals surface area contributed by atoms with Crippen LogP contribution in [0, 0.1) is 12.7 Å². The monoisotopic (exact) mass is 283 g/mol. The van der Waals surface area contributed by atoms with Gasteiger partial charge in [-0.3, -0.25) is 0 Å². The number of benzene rings is 2. The first kappa shape index (κ1) is 13.3. The molecule has 0 unspecified atom stereocenters. The molecule has 3 aromatic rings. The molecule has 1 aromatic heterocycles. The molecule has 3 rings (SSSR count). The minimum Gasteiger partial charge on any atom is -0.494 e. The third-order valence-corrected chi connectivity index (χ3v) is 3.37. The molecule has 2 aromatic carbocycles. The highest BCUT2D eigenvalue weighted by molar-refractivity contribution is 5.92. The van der Waals surface area contributed by atoms with Gasteiger partial charge < -0.3 is 10.5 Å². The van der Waals surface area contributed by atoms with Gasteiger partial charge in [0, 0.05) is 10.9 Å². The number of methoxy groups -OCH3 is 1. The van der Waals surface area contributed by atoms with Crippen molar-refractivity contribution in [2.75, 3.05) is 12.8 Å². The van der Waals surface area contributed by atoms with Gasteiger partial charge in [0.25, 0.3) is 0 Å². The Morgan fingerprint density at radius 2 is 1.95 bits per heavy atom. The Hall–Kier alpha value is -2.69. The van der Waals surface area contributed by atoms with Gasteiger partial charge in [-0.15, -0.1) is 0 Å². The molecule has 21 heavy (non-hydrogen) atoms. The molecular weight excluding hydrogens is 269 g/mol. The van der Waals surface area contributed by atoms with Gasteiger partial charge in [0.1, 0.15) is 5.82 Å². The van der Waals surface area contributed by atoms with Crippen LogP contribution < -0.4 is 10.5 Å². The lowest BCUT2D eigenvalue weighted by molar-refractivity contribution is 0.387. The van der Waals surface area contributed by atoms with Crippen LogP contribution in [0.2, 0.25) is 0 Å². The molecule has 2 N–H and O–H groups in total. The molecule has 4 nitrogen and oxygen atoms in total. The van der Waals surface area contributed by atoms with E-state index in [1.165, 1.54) is 13.2 Å². The average molecular weight is 283 g/mol. The van der Waals surface area contributed by atoms with Gasteiger partial charge in [-0.2, -0.15) is 0 Å². The summed E-state index contributed by atoms with van der Waals surface area (Å²) in [6.45, 7) is 1.96. The predicted octanol–water partition coefficient (Wildman–Crippen LogP) is 3.34. The largest absolute Gasteiger partial charge is 0.494 e. The molecule has 0 aliphatic heterocycles. The van der Waals surface area contributed by atoms with E-state index in [-0.39, 0.29) is 5.75 Å². The number of halogens is 1. The molecule has 0 amide bonds. The number of ether oxygens (including phenoxy) is 1. The highest BCUT2D eigenvalue weighted by Gasteiger charge is 2.11. The maximum atomic E-state index is 13.5. The second kappa shape index (κ2) is 5.01. The van der Waals surface area contributed by atoms with E-state index in [0.717, 1.165) is 16.5 Å². The van der Waals surface area contributed by atoms with Crippen molar-refractivity contribution >= 4 is 16.7 Å². The fourth-order valence-corrected chi connectivity index (χ4v) is 2.32. The zero-order chi connectivity index (χ0) is 15.0. The Labute approximate surface area is 121 Å². The minimum absolute atomic E-state index is 0.152. The van der Waals surface area contributed by atoms with Crippen LogP contribution >= 0.6 is 0 Å². The molecule has 0 aliphatic carbocycles. The summed E-state index contributed by atoms with van der Waals surface area (Å²) < 4.78 is 18.5. The number of nitrogens with zero attached hydrogens (tertiary/aromatic N) is 2. The summed E-state index contributed by atoms with van der Waals surface area (Å²) in [5.41, 5.74) is 8.48. The SMILES string of the molecule is COc1cc(-c2nc(N)c3c(C)cccc3n2)ccc1F. The van der Waals surface area contributed by atoms with E-state index in [2.05, 4.69) is 9.97 Å². The highest BCUT2D eigenvalue weighted by Crippen LogP contribution is 2.28. The van der Waals surface area contributed by atoms with Crippen molar-refractivity contribution in [3.8, 4) is 17.1 Å². The third kappa shape index (κ3) is 2.27. The highest BCUT2D eigenvalue weighted by atomic mass is 19.1. The minimum atomic E-state index is -0.425. The van der Waals surface area contributed by atoms with Crippen LogP contribution in [-0.2, 0) is 0 Å². The Bertz CT molecular complexity index is 833. The Morgan fingerprint density at radius 1 is 1.14 bits per heavy atom. The van der Waals surface area contributed by atoms with Gasteiger partial charge in [0.2, 0.25) is 0 Å². The molecule has 0 fully saturated rings. The second-order valence-electron chi connectivity index (χ2n) is 4.75. The number of nitrogen functional groups attached to an aromatic ring is 1. The first-order valence-corrected chi connectivity index (χ1v) is 6.47. The number of anilines is 1. The summed E-state index contributed by atoms with van der Waals surface area (Å²) in [6, 6.07) is 10.3. The lowest BCUT2D eigenvalue weighted by Gasteiger charge is -2.09. The number of aromatic nitrogens is 2. The molecule has 0 saturated carbocycles. The summed E-state index contributed by atoms with van der Waals surface area (Å²) in [7, 11) is 1.42. The van der Waals surface area contributed by atoms with Crippen LogP contribution in [0.5, 0.6) is 5.75 Å². The van der Waals surface area contributed by atoms with E-state index in [9.17, 15) is 4.39 Å². The van der Waals surface area contributed by atoms with Crippen molar-refractivity contribution in [3.63, 3.8) is 0 Å². The van der Waals surface area contributed by atoms with Gasteiger partial charge in [-0.05, 0) is 36.8 Å². The standard InChI is InChI=1S/C16H14FN3O/c1-9-4-3-5-12-14(9)15(18)20-16(19-12)10-6-7-11(17)13(8-10)21-2/h3-8H,1-2H3,(H2,18,19,20). The number of rotatable bonds is 2. The van der Waals surface area contributed by atoms with Crippen molar-refractivity contribution in [1.82, 2.24) is 9.97 Å². The van der Waals surface area contributed by atoms with Crippen molar-refractivity contribution in [3.05, 3.63) is 47.8 Å². The average Bonchev–Trinajstić information content (AvgIpc) is 2.47. The van der Waals surface area contributed by atoms with Gasteiger partial charge in [0.15, 0.2) is 17.4 Å².